The van der Waals surface area contributed by atoms with Crippen molar-refractivity contribution in [2.75, 3.05) is 32.6 Å². The second kappa shape index (κ2) is 9.01. The van der Waals surface area contributed by atoms with Crippen LogP contribution >= 0.6 is 0 Å². The molecule has 1 atom stereocenters. The number of nitrogens with zero attached hydrogens (tertiary/aromatic N) is 3. The van der Waals surface area contributed by atoms with Gasteiger partial charge in [0.05, 0.1) is 19.4 Å². The van der Waals surface area contributed by atoms with Gasteiger partial charge in [-0.2, -0.15) is 9.29 Å². The monoisotopic (exact) mass is 393 g/mol. The molecule has 0 amide bonds. The Balaban J connectivity index is 1.54. The van der Waals surface area contributed by atoms with Crippen LogP contribution in [-0.2, 0) is 10.0 Å². The van der Waals surface area contributed by atoms with Crippen LogP contribution in [0.3, 0.4) is 0 Å². The number of benzene rings is 1. The van der Waals surface area contributed by atoms with Crippen molar-refractivity contribution in [3.05, 3.63) is 42.6 Å². The van der Waals surface area contributed by atoms with Crippen molar-refractivity contribution in [3.63, 3.8) is 0 Å². The number of para-hydroxylation sites is 1. The molecule has 1 saturated heterocycles. The molecule has 0 radical (unpaired) electrons. The highest BCUT2D eigenvalue weighted by Gasteiger charge is 2.30. The summed E-state index contributed by atoms with van der Waals surface area (Å²) in [4.78, 5) is 8.04. The second-order valence-electron chi connectivity index (χ2n) is 6.10. The number of methoxy groups -OCH3 is 1. The van der Waals surface area contributed by atoms with E-state index in [2.05, 4.69) is 9.97 Å². The third-order valence-electron chi connectivity index (χ3n) is 4.17. The highest BCUT2D eigenvalue weighted by molar-refractivity contribution is 7.89. The van der Waals surface area contributed by atoms with E-state index >= 15 is 0 Å². The summed E-state index contributed by atoms with van der Waals surface area (Å²) in [5.41, 5.74) is 0. The van der Waals surface area contributed by atoms with Crippen LogP contribution in [0.2, 0.25) is 0 Å². The molecular formula is C18H23N3O5S. The fraction of sp³-hybridized carbons (Fsp3) is 0.444. The van der Waals surface area contributed by atoms with Crippen LogP contribution in [0.4, 0.5) is 0 Å². The molecule has 1 fully saturated rings. The van der Waals surface area contributed by atoms with E-state index in [4.69, 9.17) is 14.2 Å². The van der Waals surface area contributed by atoms with Gasteiger partial charge in [-0.25, -0.2) is 13.4 Å². The third-order valence-corrected chi connectivity index (χ3v) is 5.97. The molecule has 146 valence electrons. The van der Waals surface area contributed by atoms with Crippen molar-refractivity contribution in [1.82, 2.24) is 14.3 Å². The largest absolute Gasteiger partial charge is 0.492 e. The van der Waals surface area contributed by atoms with E-state index in [9.17, 15) is 8.42 Å². The molecule has 1 aliphatic heterocycles. The zero-order valence-corrected chi connectivity index (χ0v) is 16.0. The molecule has 9 heteroatoms. The smallest absolute Gasteiger partial charge is 0.319 e. The molecule has 1 aromatic heterocycles. The minimum atomic E-state index is -3.42. The fourth-order valence-corrected chi connectivity index (χ4v) is 4.18. The van der Waals surface area contributed by atoms with Crippen LogP contribution < -0.4 is 14.2 Å². The lowest BCUT2D eigenvalue weighted by Crippen LogP contribution is -2.45. The van der Waals surface area contributed by atoms with Gasteiger partial charge < -0.3 is 14.2 Å². The van der Waals surface area contributed by atoms with Crippen LogP contribution in [-0.4, -0.2) is 61.4 Å². The van der Waals surface area contributed by atoms with E-state index in [1.165, 1.54) is 11.4 Å². The fourth-order valence-electron chi connectivity index (χ4n) is 2.82. The Bertz CT molecular complexity index is 832. The Hall–Kier alpha value is -2.39. The number of ether oxygens (including phenoxy) is 3. The Morgan fingerprint density at radius 2 is 2.04 bits per heavy atom. The van der Waals surface area contributed by atoms with Crippen molar-refractivity contribution in [2.24, 2.45) is 0 Å². The van der Waals surface area contributed by atoms with Crippen LogP contribution in [0.25, 0.3) is 0 Å². The molecule has 27 heavy (non-hydrogen) atoms. The van der Waals surface area contributed by atoms with Gasteiger partial charge in [-0.3, -0.25) is 0 Å². The molecule has 0 N–H and O–H groups in total. The molecule has 1 aromatic carbocycles. The predicted molar refractivity (Wildman–Crippen MR) is 99.5 cm³/mol. The van der Waals surface area contributed by atoms with Gasteiger partial charge in [0.2, 0.25) is 15.9 Å². The topological polar surface area (TPSA) is 90.9 Å². The van der Waals surface area contributed by atoms with E-state index < -0.39 is 10.0 Å². The summed E-state index contributed by atoms with van der Waals surface area (Å²) in [6.07, 6.45) is 2.77. The Kier molecular flexibility index (Phi) is 6.46. The van der Waals surface area contributed by atoms with Crippen molar-refractivity contribution >= 4 is 10.0 Å². The van der Waals surface area contributed by atoms with Crippen molar-refractivity contribution in [2.45, 2.75) is 18.9 Å². The summed E-state index contributed by atoms with van der Waals surface area (Å²) in [7, 11) is -1.94. The highest BCUT2D eigenvalue weighted by atomic mass is 32.2. The Morgan fingerprint density at radius 3 is 2.81 bits per heavy atom. The molecule has 0 saturated carbocycles. The van der Waals surface area contributed by atoms with Gasteiger partial charge in [0.1, 0.15) is 18.5 Å². The number of sulfonamides is 1. The van der Waals surface area contributed by atoms with Gasteiger partial charge in [0.15, 0.2) is 0 Å². The standard InChI is InChI=1S/C18H23N3O5S/c1-24-18-19-10-9-17(20-18)26-16-8-5-11-21(14-16)27(22,23)13-12-25-15-6-3-2-4-7-15/h2-4,6-7,9-10,16H,5,8,11-14H2,1H3. The third kappa shape index (κ3) is 5.54. The van der Waals surface area contributed by atoms with Crippen molar-refractivity contribution in [3.8, 4) is 17.6 Å². The predicted octanol–water partition coefficient (Wildman–Crippen LogP) is 1.74. The first-order valence-corrected chi connectivity index (χ1v) is 10.4. The first-order valence-electron chi connectivity index (χ1n) is 8.76. The summed E-state index contributed by atoms with van der Waals surface area (Å²) in [6.45, 7) is 0.887. The average molecular weight is 393 g/mol. The highest BCUT2D eigenvalue weighted by Crippen LogP contribution is 2.20. The molecule has 2 aromatic rings. The molecule has 2 heterocycles. The minimum Gasteiger partial charge on any atom is -0.492 e. The van der Waals surface area contributed by atoms with Gasteiger partial charge in [-0.1, -0.05) is 18.2 Å². The van der Waals surface area contributed by atoms with Crippen molar-refractivity contribution in [1.29, 1.82) is 0 Å². The summed E-state index contributed by atoms with van der Waals surface area (Å²) < 4.78 is 43.0. The molecule has 0 spiro atoms. The van der Waals surface area contributed by atoms with Gasteiger partial charge in [-0.15, -0.1) is 0 Å². The van der Waals surface area contributed by atoms with Crippen LogP contribution in [0, 0.1) is 0 Å². The summed E-state index contributed by atoms with van der Waals surface area (Å²) >= 11 is 0. The summed E-state index contributed by atoms with van der Waals surface area (Å²) in [5, 5.41) is 0. The number of hydrogen-bond donors (Lipinski definition) is 0. The number of rotatable bonds is 8. The first-order chi connectivity index (χ1) is 13.1. The van der Waals surface area contributed by atoms with E-state index in [0.717, 1.165) is 12.8 Å². The first kappa shape index (κ1) is 19.4. The van der Waals surface area contributed by atoms with Crippen molar-refractivity contribution < 1.29 is 22.6 Å². The maximum absolute atomic E-state index is 12.6. The lowest BCUT2D eigenvalue weighted by molar-refractivity contribution is 0.123. The summed E-state index contributed by atoms with van der Waals surface area (Å²) in [6, 6.07) is 11.0. The Morgan fingerprint density at radius 1 is 1.22 bits per heavy atom. The van der Waals surface area contributed by atoms with Gasteiger partial charge in [0, 0.05) is 18.8 Å². The maximum Gasteiger partial charge on any atom is 0.319 e. The zero-order valence-electron chi connectivity index (χ0n) is 15.2. The SMILES string of the molecule is COc1nccc(OC2CCCN(S(=O)(=O)CCOc3ccccc3)C2)n1. The minimum absolute atomic E-state index is 0.0735. The molecule has 1 aliphatic rings. The van der Waals surface area contributed by atoms with E-state index in [1.807, 2.05) is 18.2 Å². The van der Waals surface area contributed by atoms with Crippen LogP contribution in [0.15, 0.2) is 42.6 Å². The molecular weight excluding hydrogens is 370 g/mol. The maximum atomic E-state index is 12.6. The number of aromatic nitrogens is 2. The quantitative estimate of drug-likeness (QED) is 0.675. The van der Waals surface area contributed by atoms with E-state index in [0.29, 0.717) is 24.7 Å². The van der Waals surface area contributed by atoms with Gasteiger partial charge in [-0.05, 0) is 25.0 Å². The Labute approximate surface area is 159 Å². The number of piperidine rings is 1. The molecule has 8 nitrogen and oxygen atoms in total. The van der Waals surface area contributed by atoms with E-state index in [-0.39, 0.29) is 24.5 Å². The second-order valence-corrected chi connectivity index (χ2v) is 8.19. The zero-order chi connectivity index (χ0) is 19.1. The van der Waals surface area contributed by atoms with Gasteiger partial charge in [0.25, 0.3) is 0 Å². The number of hydrogen-bond acceptors (Lipinski definition) is 7. The van der Waals surface area contributed by atoms with Gasteiger partial charge >= 0.3 is 6.01 Å². The lowest BCUT2D eigenvalue weighted by atomic mass is 10.1. The molecule has 0 bridgehead atoms. The normalized spacial score (nSPS) is 18.0. The molecule has 0 aliphatic carbocycles. The molecule has 1 unspecified atom stereocenters. The summed E-state index contributed by atoms with van der Waals surface area (Å²) in [5.74, 6) is 0.958. The average Bonchev–Trinajstić information content (AvgIpc) is 2.69. The molecule has 3 rings (SSSR count). The van der Waals surface area contributed by atoms with Crippen LogP contribution in [0.1, 0.15) is 12.8 Å². The van der Waals surface area contributed by atoms with Crippen LogP contribution in [0.5, 0.6) is 17.6 Å². The lowest BCUT2D eigenvalue weighted by Gasteiger charge is -2.31. The van der Waals surface area contributed by atoms with E-state index in [1.54, 1.807) is 24.4 Å².